The molecule has 0 spiro atoms. The van der Waals surface area contributed by atoms with Crippen molar-refractivity contribution in [3.63, 3.8) is 0 Å². The lowest BCUT2D eigenvalue weighted by Crippen LogP contribution is -2.56. The quantitative estimate of drug-likeness (QED) is 0.681. The van der Waals surface area contributed by atoms with Crippen molar-refractivity contribution in [1.29, 1.82) is 0 Å². The molecule has 4 aliphatic rings. The lowest BCUT2D eigenvalue weighted by molar-refractivity contribution is -0.141. The van der Waals surface area contributed by atoms with E-state index >= 15 is 0 Å². The molecular weight excluding hydrogens is 332 g/mol. The van der Waals surface area contributed by atoms with Crippen LogP contribution in [0.3, 0.4) is 0 Å². The summed E-state index contributed by atoms with van der Waals surface area (Å²) in [4.78, 5) is 20.5. The minimum atomic E-state index is -0.197. The van der Waals surface area contributed by atoms with Crippen LogP contribution in [0.5, 0.6) is 0 Å². The molecule has 3 heterocycles. The summed E-state index contributed by atoms with van der Waals surface area (Å²) in [7, 11) is 1.70. The molecule has 0 bridgehead atoms. The van der Waals surface area contributed by atoms with Crippen LogP contribution in [0.2, 0.25) is 0 Å². The molecule has 0 aromatic carbocycles. The van der Waals surface area contributed by atoms with Gasteiger partial charge in [-0.15, -0.1) is 0 Å². The summed E-state index contributed by atoms with van der Waals surface area (Å²) in [6.45, 7) is 1.88. The zero-order valence-electron chi connectivity index (χ0n) is 15.9. The van der Waals surface area contributed by atoms with E-state index < -0.39 is 0 Å². The first-order valence-electron chi connectivity index (χ1n) is 10.5. The molecule has 3 saturated heterocycles. The minimum Gasteiger partial charge on any atom is -0.365 e. The van der Waals surface area contributed by atoms with Crippen LogP contribution in [0.15, 0.2) is 0 Å². The SMILES string of the molecule is COC1CCC(C2CC(C(=O)N3CC(CC4CCCCC4)C3)NO2)NN1. The first kappa shape index (κ1) is 18.6. The van der Waals surface area contributed by atoms with Crippen molar-refractivity contribution >= 4 is 5.91 Å². The fourth-order valence-electron chi connectivity index (χ4n) is 5.04. The highest BCUT2D eigenvalue weighted by molar-refractivity contribution is 5.82. The standard InChI is InChI=1S/C19H34N4O3/c1-25-18-8-7-15(20-21-18)17-10-16(22-26-17)19(24)23-11-14(12-23)9-13-5-3-2-4-6-13/h13-18,20-22H,2-12H2,1H3. The van der Waals surface area contributed by atoms with E-state index in [4.69, 9.17) is 9.57 Å². The number of carbonyl (C=O) groups excluding carboxylic acids is 1. The number of likely N-dealkylation sites (tertiary alicyclic amines) is 1. The first-order valence-corrected chi connectivity index (χ1v) is 10.5. The van der Waals surface area contributed by atoms with Crippen LogP contribution in [-0.4, -0.2) is 55.4 Å². The van der Waals surface area contributed by atoms with Crippen molar-refractivity contribution in [3.05, 3.63) is 0 Å². The second-order valence-electron chi connectivity index (χ2n) is 8.61. The van der Waals surface area contributed by atoms with Crippen LogP contribution < -0.4 is 16.3 Å². The molecule has 3 aliphatic heterocycles. The molecule has 0 aromatic heterocycles. The third-order valence-corrected chi connectivity index (χ3v) is 6.69. The summed E-state index contributed by atoms with van der Waals surface area (Å²) >= 11 is 0. The van der Waals surface area contributed by atoms with Crippen molar-refractivity contribution in [1.82, 2.24) is 21.2 Å². The van der Waals surface area contributed by atoms with E-state index in [-0.39, 0.29) is 30.3 Å². The van der Waals surface area contributed by atoms with Crippen LogP contribution in [0.25, 0.3) is 0 Å². The van der Waals surface area contributed by atoms with Gasteiger partial charge in [-0.1, -0.05) is 32.1 Å². The second kappa shape index (κ2) is 8.52. The lowest BCUT2D eigenvalue weighted by atomic mass is 9.80. The predicted octanol–water partition coefficient (Wildman–Crippen LogP) is 1.31. The number of ether oxygens (including phenoxy) is 1. The van der Waals surface area contributed by atoms with E-state index in [0.717, 1.165) is 44.2 Å². The molecule has 1 saturated carbocycles. The van der Waals surface area contributed by atoms with Gasteiger partial charge in [0.25, 0.3) is 0 Å². The summed E-state index contributed by atoms with van der Waals surface area (Å²) in [6, 6.07) is 0.0136. The Morgan fingerprint density at radius 1 is 1.08 bits per heavy atom. The van der Waals surface area contributed by atoms with Crippen molar-refractivity contribution in [2.75, 3.05) is 20.2 Å². The Hall–Kier alpha value is -0.730. The molecule has 26 heavy (non-hydrogen) atoms. The maximum Gasteiger partial charge on any atom is 0.242 e. The van der Waals surface area contributed by atoms with Gasteiger partial charge in [-0.3, -0.25) is 9.63 Å². The number of rotatable bonds is 5. The molecule has 4 unspecified atom stereocenters. The Morgan fingerprint density at radius 3 is 2.58 bits per heavy atom. The van der Waals surface area contributed by atoms with Gasteiger partial charge in [-0.05, 0) is 31.1 Å². The maximum absolute atomic E-state index is 12.7. The van der Waals surface area contributed by atoms with E-state index in [9.17, 15) is 4.79 Å². The fourth-order valence-corrected chi connectivity index (χ4v) is 5.04. The minimum absolute atomic E-state index is 0.0218. The highest BCUT2D eigenvalue weighted by atomic mass is 16.7. The fraction of sp³-hybridized carbons (Fsp3) is 0.947. The van der Waals surface area contributed by atoms with E-state index in [1.807, 2.05) is 4.90 Å². The number of hydrogen-bond donors (Lipinski definition) is 3. The van der Waals surface area contributed by atoms with Gasteiger partial charge in [-0.2, -0.15) is 5.48 Å². The molecule has 1 aliphatic carbocycles. The molecule has 4 rings (SSSR count). The maximum atomic E-state index is 12.7. The number of methoxy groups -OCH3 is 1. The highest BCUT2D eigenvalue weighted by Gasteiger charge is 2.41. The Balaban J connectivity index is 1.17. The Morgan fingerprint density at radius 2 is 1.88 bits per heavy atom. The average molecular weight is 367 g/mol. The molecule has 0 aromatic rings. The summed E-state index contributed by atoms with van der Waals surface area (Å²) in [5.74, 6) is 1.84. The highest BCUT2D eigenvalue weighted by Crippen LogP contribution is 2.33. The van der Waals surface area contributed by atoms with Gasteiger partial charge in [0.1, 0.15) is 12.3 Å². The topological polar surface area (TPSA) is 74.9 Å². The van der Waals surface area contributed by atoms with Crippen LogP contribution in [-0.2, 0) is 14.4 Å². The molecule has 4 atom stereocenters. The zero-order valence-corrected chi connectivity index (χ0v) is 15.9. The number of amides is 1. The van der Waals surface area contributed by atoms with Gasteiger partial charge in [0.05, 0.1) is 6.10 Å². The van der Waals surface area contributed by atoms with Gasteiger partial charge in [0, 0.05) is 32.7 Å². The van der Waals surface area contributed by atoms with Crippen LogP contribution in [0.1, 0.15) is 57.8 Å². The van der Waals surface area contributed by atoms with E-state index in [0.29, 0.717) is 0 Å². The lowest BCUT2D eigenvalue weighted by Gasteiger charge is -2.42. The van der Waals surface area contributed by atoms with Crippen molar-refractivity contribution in [2.45, 2.75) is 82.2 Å². The smallest absolute Gasteiger partial charge is 0.242 e. The number of nitrogens with one attached hydrogen (secondary N) is 3. The van der Waals surface area contributed by atoms with E-state index in [1.165, 1.54) is 38.5 Å². The third kappa shape index (κ3) is 4.22. The Kier molecular flexibility index (Phi) is 6.10. The summed E-state index contributed by atoms with van der Waals surface area (Å²) in [5, 5.41) is 0. The predicted molar refractivity (Wildman–Crippen MR) is 97.8 cm³/mol. The molecule has 7 nitrogen and oxygen atoms in total. The Labute approximate surface area is 156 Å². The van der Waals surface area contributed by atoms with Gasteiger partial charge in [0.15, 0.2) is 0 Å². The largest absolute Gasteiger partial charge is 0.365 e. The van der Waals surface area contributed by atoms with Crippen molar-refractivity contribution in [3.8, 4) is 0 Å². The number of nitrogens with zero attached hydrogens (tertiary/aromatic N) is 1. The number of carbonyl (C=O) groups is 1. The van der Waals surface area contributed by atoms with Gasteiger partial charge < -0.3 is 9.64 Å². The van der Waals surface area contributed by atoms with Crippen LogP contribution in [0.4, 0.5) is 0 Å². The molecule has 1 amide bonds. The van der Waals surface area contributed by atoms with E-state index in [1.54, 1.807) is 7.11 Å². The Bertz CT molecular complexity index is 471. The number of hydrazine groups is 1. The molecule has 0 radical (unpaired) electrons. The third-order valence-electron chi connectivity index (χ3n) is 6.69. The summed E-state index contributed by atoms with van der Waals surface area (Å²) in [6.07, 6.45) is 11.1. The molecular formula is C19H34N4O3. The molecule has 3 N–H and O–H groups in total. The van der Waals surface area contributed by atoms with Crippen LogP contribution in [0, 0.1) is 11.8 Å². The van der Waals surface area contributed by atoms with Crippen LogP contribution >= 0.6 is 0 Å². The van der Waals surface area contributed by atoms with E-state index in [2.05, 4.69) is 16.3 Å². The van der Waals surface area contributed by atoms with Crippen molar-refractivity contribution in [2.24, 2.45) is 11.8 Å². The zero-order chi connectivity index (χ0) is 17.9. The average Bonchev–Trinajstić information content (AvgIpc) is 3.15. The molecule has 7 heteroatoms. The summed E-state index contributed by atoms with van der Waals surface area (Å²) < 4.78 is 5.29. The summed E-state index contributed by atoms with van der Waals surface area (Å²) in [5.41, 5.74) is 9.40. The molecule has 148 valence electrons. The first-order chi connectivity index (χ1) is 12.7. The number of hydroxylamine groups is 1. The van der Waals surface area contributed by atoms with Gasteiger partial charge in [-0.25, -0.2) is 10.9 Å². The normalized spacial score (nSPS) is 36.9. The van der Waals surface area contributed by atoms with Gasteiger partial charge in [0.2, 0.25) is 5.91 Å². The second-order valence-corrected chi connectivity index (χ2v) is 8.61. The van der Waals surface area contributed by atoms with Crippen molar-refractivity contribution < 1.29 is 14.4 Å². The monoisotopic (exact) mass is 366 g/mol. The number of hydrogen-bond acceptors (Lipinski definition) is 6. The van der Waals surface area contributed by atoms with Gasteiger partial charge >= 0.3 is 0 Å². The molecule has 4 fully saturated rings.